The molecule has 0 spiro atoms. The minimum atomic E-state index is 1.07. The average Bonchev–Trinajstić information content (AvgIpc) is 1.90. The molecule has 0 aliphatic heterocycles. The predicted molar refractivity (Wildman–Crippen MR) is 38.1 cm³/mol. The molecule has 0 N–H and O–H groups in total. The van der Waals surface area contributed by atoms with E-state index in [-0.39, 0.29) is 0 Å². The van der Waals surface area contributed by atoms with E-state index in [2.05, 4.69) is 11.1 Å². The Morgan fingerprint density at radius 1 is 1.44 bits per heavy atom. The summed E-state index contributed by atoms with van der Waals surface area (Å²) in [6.07, 6.45) is 3.90. The Balaban J connectivity index is 2.88. The maximum atomic E-state index is 4.12. The molecule has 0 aliphatic rings. The van der Waals surface area contributed by atoms with Crippen molar-refractivity contribution in [3.05, 3.63) is 36.0 Å². The molecule has 1 radical (unpaired) electrons. The molecule has 1 heterocycles. The van der Waals surface area contributed by atoms with E-state index in [1.54, 1.807) is 0 Å². The van der Waals surface area contributed by atoms with Crippen molar-refractivity contribution in [3.8, 4) is 0 Å². The molecule has 0 fully saturated rings. The quantitative estimate of drug-likeness (QED) is 0.552. The van der Waals surface area contributed by atoms with Crippen LogP contribution in [0.25, 0.3) is 0 Å². The number of aryl methyl sites for hydroxylation is 1. The molecule has 1 heteroatoms. The van der Waals surface area contributed by atoms with Gasteiger partial charge in [-0.15, -0.1) is 0 Å². The van der Waals surface area contributed by atoms with Gasteiger partial charge in [0.25, 0.3) is 0 Å². The molecule has 0 unspecified atom stereocenters. The second-order valence-corrected chi connectivity index (χ2v) is 2.02. The number of hydrogen-bond acceptors (Lipinski definition) is 1. The number of hydrogen-bond donors (Lipinski definition) is 0. The number of nitrogens with zero attached hydrogens (tertiary/aromatic N) is 1. The maximum absolute atomic E-state index is 4.12. The minimum absolute atomic E-state index is 1.07. The molecule has 0 atom stereocenters. The van der Waals surface area contributed by atoms with Crippen molar-refractivity contribution < 1.29 is 0 Å². The molecule has 1 aromatic rings. The average molecular weight is 120 g/mol. The van der Waals surface area contributed by atoms with Crippen LogP contribution in [0.3, 0.4) is 0 Å². The molecule has 0 aromatic carbocycles. The fraction of sp³-hybridized carbons (Fsp3) is 0.250. The molecule has 47 valence electrons. The molecule has 9 heavy (non-hydrogen) atoms. The van der Waals surface area contributed by atoms with Crippen LogP contribution < -0.4 is 0 Å². The standard InChI is InChI=1S/C8H10N/c1-3-8-5-4-7(2)9-6-8/h3-6H,1-2H3. The summed E-state index contributed by atoms with van der Waals surface area (Å²) in [4.78, 5) is 4.12. The summed E-state index contributed by atoms with van der Waals surface area (Å²) in [5.41, 5.74) is 2.25. The first-order valence-electron chi connectivity index (χ1n) is 3.05. The zero-order valence-electron chi connectivity index (χ0n) is 5.76. The van der Waals surface area contributed by atoms with E-state index in [4.69, 9.17) is 0 Å². The van der Waals surface area contributed by atoms with Crippen molar-refractivity contribution >= 4 is 0 Å². The normalized spacial score (nSPS) is 9.56. The van der Waals surface area contributed by atoms with Gasteiger partial charge >= 0.3 is 0 Å². The Bertz CT molecular complexity index is 176. The van der Waals surface area contributed by atoms with E-state index in [1.165, 1.54) is 5.56 Å². The van der Waals surface area contributed by atoms with Crippen molar-refractivity contribution in [2.75, 3.05) is 0 Å². The summed E-state index contributed by atoms with van der Waals surface area (Å²) in [7, 11) is 0. The van der Waals surface area contributed by atoms with E-state index in [0.29, 0.717) is 0 Å². The fourth-order valence-corrected chi connectivity index (χ4v) is 0.650. The molecule has 0 amide bonds. The summed E-state index contributed by atoms with van der Waals surface area (Å²) >= 11 is 0. The Labute approximate surface area is 55.7 Å². The minimum Gasteiger partial charge on any atom is -0.261 e. The first-order valence-corrected chi connectivity index (χ1v) is 3.05. The van der Waals surface area contributed by atoms with E-state index >= 15 is 0 Å². The monoisotopic (exact) mass is 120 g/mol. The lowest BCUT2D eigenvalue weighted by molar-refractivity contribution is 1.17. The number of aromatic nitrogens is 1. The summed E-state index contributed by atoms with van der Waals surface area (Å²) in [6.45, 7) is 3.99. The molecule has 0 aliphatic carbocycles. The van der Waals surface area contributed by atoms with Gasteiger partial charge in [0.1, 0.15) is 0 Å². The van der Waals surface area contributed by atoms with Crippen LogP contribution in [0.1, 0.15) is 18.2 Å². The topological polar surface area (TPSA) is 12.9 Å². The highest BCUT2D eigenvalue weighted by Gasteiger charge is 1.86. The largest absolute Gasteiger partial charge is 0.261 e. The van der Waals surface area contributed by atoms with Crippen molar-refractivity contribution in [3.63, 3.8) is 0 Å². The number of rotatable bonds is 1. The molecule has 0 saturated heterocycles. The van der Waals surface area contributed by atoms with Crippen molar-refractivity contribution in [2.24, 2.45) is 0 Å². The summed E-state index contributed by atoms with van der Waals surface area (Å²) in [5, 5.41) is 0. The second-order valence-electron chi connectivity index (χ2n) is 2.02. The van der Waals surface area contributed by atoms with Crippen LogP contribution in [0.4, 0.5) is 0 Å². The van der Waals surface area contributed by atoms with Crippen LogP contribution in [0.15, 0.2) is 18.3 Å². The van der Waals surface area contributed by atoms with Crippen molar-refractivity contribution in [1.82, 2.24) is 4.98 Å². The SMILES string of the molecule is C[CH]c1ccc(C)nc1. The predicted octanol–water partition coefficient (Wildman–Crippen LogP) is 1.96. The van der Waals surface area contributed by atoms with Crippen LogP contribution in [-0.2, 0) is 0 Å². The third kappa shape index (κ3) is 1.53. The van der Waals surface area contributed by atoms with Crippen molar-refractivity contribution in [1.29, 1.82) is 0 Å². The van der Waals surface area contributed by atoms with Gasteiger partial charge in [0.05, 0.1) is 0 Å². The molecule has 0 saturated carbocycles. The molecular formula is C8H10N. The fourth-order valence-electron chi connectivity index (χ4n) is 0.650. The van der Waals surface area contributed by atoms with E-state index in [1.807, 2.05) is 32.5 Å². The van der Waals surface area contributed by atoms with Crippen LogP contribution in [0.2, 0.25) is 0 Å². The van der Waals surface area contributed by atoms with Gasteiger partial charge in [0, 0.05) is 11.9 Å². The number of pyridine rings is 1. The van der Waals surface area contributed by atoms with Crippen LogP contribution in [0, 0.1) is 13.3 Å². The third-order valence-corrected chi connectivity index (χ3v) is 1.27. The summed E-state index contributed by atoms with van der Waals surface area (Å²) in [6, 6.07) is 4.07. The van der Waals surface area contributed by atoms with Gasteiger partial charge < -0.3 is 0 Å². The zero-order valence-corrected chi connectivity index (χ0v) is 5.76. The van der Waals surface area contributed by atoms with Crippen LogP contribution >= 0.6 is 0 Å². The molecule has 1 rings (SSSR count). The van der Waals surface area contributed by atoms with E-state index in [0.717, 1.165) is 5.69 Å². The summed E-state index contributed by atoms with van der Waals surface area (Å²) < 4.78 is 0. The Hall–Kier alpha value is -0.850. The molecular weight excluding hydrogens is 110 g/mol. The van der Waals surface area contributed by atoms with Gasteiger partial charge in [-0.1, -0.05) is 13.0 Å². The molecule has 1 aromatic heterocycles. The van der Waals surface area contributed by atoms with Gasteiger partial charge in [-0.2, -0.15) is 0 Å². The van der Waals surface area contributed by atoms with Crippen molar-refractivity contribution in [2.45, 2.75) is 13.8 Å². The zero-order chi connectivity index (χ0) is 6.69. The lowest BCUT2D eigenvalue weighted by Crippen LogP contribution is -1.81. The van der Waals surface area contributed by atoms with Gasteiger partial charge in [0.15, 0.2) is 0 Å². The van der Waals surface area contributed by atoms with E-state index < -0.39 is 0 Å². The highest BCUT2D eigenvalue weighted by Crippen LogP contribution is 1.99. The third-order valence-electron chi connectivity index (χ3n) is 1.27. The Morgan fingerprint density at radius 3 is 2.67 bits per heavy atom. The van der Waals surface area contributed by atoms with Gasteiger partial charge in [-0.25, -0.2) is 0 Å². The maximum Gasteiger partial charge on any atom is 0.0372 e. The first-order chi connectivity index (χ1) is 4.33. The Kier molecular flexibility index (Phi) is 1.83. The van der Waals surface area contributed by atoms with Crippen LogP contribution in [0.5, 0.6) is 0 Å². The molecule has 1 nitrogen and oxygen atoms in total. The first kappa shape index (κ1) is 6.27. The van der Waals surface area contributed by atoms with E-state index in [9.17, 15) is 0 Å². The summed E-state index contributed by atoms with van der Waals surface area (Å²) in [5.74, 6) is 0. The van der Waals surface area contributed by atoms with Gasteiger partial charge in [-0.05, 0) is 25.0 Å². The van der Waals surface area contributed by atoms with Gasteiger partial charge in [0.2, 0.25) is 0 Å². The highest BCUT2D eigenvalue weighted by molar-refractivity contribution is 5.19. The highest BCUT2D eigenvalue weighted by atomic mass is 14.6. The second kappa shape index (κ2) is 2.62. The lowest BCUT2D eigenvalue weighted by atomic mass is 10.2. The van der Waals surface area contributed by atoms with Gasteiger partial charge in [-0.3, -0.25) is 4.98 Å². The van der Waals surface area contributed by atoms with Crippen LogP contribution in [-0.4, -0.2) is 4.98 Å². The molecule has 0 bridgehead atoms. The Morgan fingerprint density at radius 2 is 2.22 bits per heavy atom. The lowest BCUT2D eigenvalue weighted by Gasteiger charge is -1.93. The smallest absolute Gasteiger partial charge is 0.0372 e.